The normalized spacial score (nSPS) is 18.6. The molecule has 1 aliphatic rings. The zero-order valence-corrected chi connectivity index (χ0v) is 15.6. The minimum Gasteiger partial charge on any atom is -0.479 e. The fourth-order valence-corrected chi connectivity index (χ4v) is 4.07. The summed E-state index contributed by atoms with van der Waals surface area (Å²) in [6.07, 6.45) is 1.95. The van der Waals surface area contributed by atoms with Crippen molar-refractivity contribution >= 4 is 57.0 Å². The Morgan fingerprint density at radius 1 is 1.30 bits per heavy atom. The fraction of sp³-hybridized carbons (Fsp3) is 0.429. The van der Waals surface area contributed by atoms with Crippen LogP contribution < -0.4 is 4.74 Å². The van der Waals surface area contributed by atoms with E-state index in [0.29, 0.717) is 17.7 Å². The van der Waals surface area contributed by atoms with Gasteiger partial charge in [-0.15, -0.1) is 0 Å². The number of hydrogen-bond donors (Lipinski definition) is 0. The smallest absolute Gasteiger partial charge is 0.270 e. The van der Waals surface area contributed by atoms with Gasteiger partial charge in [-0.25, -0.2) is 0 Å². The van der Waals surface area contributed by atoms with Crippen LogP contribution in [0.3, 0.4) is 0 Å². The highest BCUT2D eigenvalue weighted by Crippen LogP contribution is 2.33. The van der Waals surface area contributed by atoms with Crippen LogP contribution in [0.15, 0.2) is 12.1 Å². The second kappa shape index (κ2) is 6.59. The van der Waals surface area contributed by atoms with Crippen LogP contribution in [0, 0.1) is 7.14 Å². The highest BCUT2D eigenvalue weighted by Gasteiger charge is 2.35. The summed E-state index contributed by atoms with van der Waals surface area (Å²) in [7, 11) is 1.52. The molecule has 0 spiro atoms. The number of likely N-dealkylation sites (N-methyl/N-ethyl adjacent to an activating group) is 1. The van der Waals surface area contributed by atoms with Gasteiger partial charge in [0.1, 0.15) is 5.75 Å². The van der Waals surface area contributed by atoms with Crippen LogP contribution in [0.4, 0.5) is 0 Å². The van der Waals surface area contributed by atoms with Crippen molar-refractivity contribution in [2.24, 2.45) is 0 Å². The lowest BCUT2D eigenvalue weighted by Crippen LogP contribution is -2.40. The van der Waals surface area contributed by atoms with Crippen molar-refractivity contribution in [3.8, 4) is 5.75 Å². The van der Waals surface area contributed by atoms with E-state index in [9.17, 15) is 9.59 Å². The lowest BCUT2D eigenvalue weighted by molar-refractivity contribution is -0.134. The molecule has 1 unspecified atom stereocenters. The molecule has 2 rings (SSSR count). The molecule has 2 amide bonds. The van der Waals surface area contributed by atoms with Gasteiger partial charge in [-0.2, -0.15) is 0 Å². The van der Waals surface area contributed by atoms with E-state index >= 15 is 0 Å². The van der Waals surface area contributed by atoms with Crippen LogP contribution in [0.25, 0.3) is 0 Å². The third-order valence-electron chi connectivity index (χ3n) is 3.23. The number of rotatable bonds is 3. The van der Waals surface area contributed by atoms with E-state index in [0.717, 1.165) is 20.0 Å². The van der Waals surface area contributed by atoms with Gasteiger partial charge in [0.05, 0.1) is 9.13 Å². The zero-order chi connectivity index (χ0) is 14.9. The third-order valence-corrected chi connectivity index (χ3v) is 4.65. The van der Waals surface area contributed by atoms with E-state index in [1.54, 1.807) is 6.07 Å². The molecule has 0 N–H and O–H groups in total. The Morgan fingerprint density at radius 2 is 2.00 bits per heavy atom. The molecule has 0 fully saturated rings. The largest absolute Gasteiger partial charge is 0.479 e. The first-order valence-electron chi connectivity index (χ1n) is 6.43. The fourth-order valence-electron chi connectivity index (χ4n) is 2.10. The predicted molar refractivity (Wildman–Crippen MR) is 92.9 cm³/mol. The molecule has 4 nitrogen and oxygen atoms in total. The van der Waals surface area contributed by atoms with Gasteiger partial charge in [-0.05, 0) is 70.2 Å². The average Bonchev–Trinajstić information content (AvgIpc) is 2.49. The maximum Gasteiger partial charge on any atom is 0.270 e. The number of nitrogens with zero attached hydrogens (tertiary/aromatic N) is 1. The van der Waals surface area contributed by atoms with E-state index in [1.165, 1.54) is 11.9 Å². The number of benzene rings is 1. The summed E-state index contributed by atoms with van der Waals surface area (Å²) >= 11 is 4.30. The van der Waals surface area contributed by atoms with Gasteiger partial charge in [0.15, 0.2) is 6.10 Å². The number of imide groups is 1. The Morgan fingerprint density at radius 3 is 2.65 bits per heavy atom. The van der Waals surface area contributed by atoms with E-state index < -0.39 is 6.10 Å². The summed E-state index contributed by atoms with van der Waals surface area (Å²) in [5.41, 5.74) is 0.469. The van der Waals surface area contributed by atoms with Crippen molar-refractivity contribution in [3.63, 3.8) is 0 Å². The molecule has 20 heavy (non-hydrogen) atoms. The maximum atomic E-state index is 12.4. The van der Waals surface area contributed by atoms with Gasteiger partial charge < -0.3 is 4.74 Å². The minimum atomic E-state index is -0.571. The second-order valence-electron chi connectivity index (χ2n) is 4.72. The second-order valence-corrected chi connectivity index (χ2v) is 7.12. The van der Waals surface area contributed by atoms with Crippen LogP contribution in [0.2, 0.25) is 0 Å². The lowest BCUT2D eigenvalue weighted by atomic mass is 10.1. The molecule has 0 radical (unpaired) electrons. The molecule has 1 aliphatic heterocycles. The van der Waals surface area contributed by atoms with Crippen molar-refractivity contribution in [1.29, 1.82) is 0 Å². The number of fused-ring (bicyclic) bond motifs is 1. The van der Waals surface area contributed by atoms with Crippen LogP contribution in [0.1, 0.15) is 36.5 Å². The number of halogens is 2. The molecule has 1 heterocycles. The Bertz CT molecular complexity index is 560. The molecule has 0 saturated heterocycles. The van der Waals surface area contributed by atoms with Crippen LogP contribution in [0.5, 0.6) is 5.75 Å². The number of carbonyl (C=O) groups excluding carboxylic acids is 2. The minimum absolute atomic E-state index is 0.259. The summed E-state index contributed by atoms with van der Waals surface area (Å²) < 4.78 is 7.69. The van der Waals surface area contributed by atoms with Crippen molar-refractivity contribution in [3.05, 3.63) is 24.8 Å². The number of carbonyl (C=O) groups is 2. The molecule has 1 aromatic carbocycles. The summed E-state index contributed by atoms with van der Waals surface area (Å²) in [6, 6.07) is 3.71. The van der Waals surface area contributed by atoms with Crippen molar-refractivity contribution in [1.82, 2.24) is 4.90 Å². The number of amides is 2. The molecule has 108 valence electrons. The number of unbranched alkanes of at least 4 members (excludes halogenated alkanes) is 1. The number of ether oxygens (including phenoxy) is 1. The number of hydrogen-bond acceptors (Lipinski definition) is 3. The molecule has 0 aliphatic carbocycles. The molecule has 1 aromatic rings. The van der Waals surface area contributed by atoms with Crippen LogP contribution in [-0.2, 0) is 4.79 Å². The van der Waals surface area contributed by atoms with Gasteiger partial charge >= 0.3 is 0 Å². The molecule has 1 atom stereocenters. The Hall–Kier alpha value is -0.380. The van der Waals surface area contributed by atoms with E-state index in [4.69, 9.17) is 4.74 Å². The van der Waals surface area contributed by atoms with E-state index in [-0.39, 0.29) is 11.8 Å². The van der Waals surface area contributed by atoms with E-state index in [1.807, 2.05) is 6.07 Å². The van der Waals surface area contributed by atoms with Gasteiger partial charge in [0.25, 0.3) is 11.8 Å². The monoisotopic (exact) mass is 499 g/mol. The molecule has 0 bridgehead atoms. The molecular weight excluding hydrogens is 484 g/mol. The molecule has 0 saturated carbocycles. The summed E-state index contributed by atoms with van der Waals surface area (Å²) in [5.74, 6) is -0.0132. The first kappa shape index (κ1) is 16.0. The Kier molecular flexibility index (Phi) is 5.27. The first-order chi connectivity index (χ1) is 9.45. The standard InChI is InChI=1S/C14H15I2NO3/c1-3-4-5-11-14(19)17(2)13(18)9-6-8(15)7-10(16)12(9)20-11/h6-7,11H,3-5H2,1-2H3. The predicted octanol–water partition coefficient (Wildman–Crippen LogP) is 3.45. The summed E-state index contributed by atoms with van der Waals surface area (Å²) in [4.78, 5) is 25.9. The first-order valence-corrected chi connectivity index (χ1v) is 8.59. The molecular formula is C14H15I2NO3. The molecule has 0 aromatic heterocycles. The summed E-state index contributed by atoms with van der Waals surface area (Å²) in [5, 5.41) is 0. The average molecular weight is 499 g/mol. The summed E-state index contributed by atoms with van der Waals surface area (Å²) in [6.45, 7) is 2.07. The van der Waals surface area contributed by atoms with Gasteiger partial charge in [0, 0.05) is 10.6 Å². The van der Waals surface area contributed by atoms with Gasteiger partial charge in [-0.3, -0.25) is 14.5 Å². The SMILES string of the molecule is CCCCC1Oc2c(I)cc(I)cc2C(=O)N(C)C1=O. The van der Waals surface area contributed by atoms with Crippen molar-refractivity contribution in [2.45, 2.75) is 32.3 Å². The highest BCUT2D eigenvalue weighted by atomic mass is 127. The maximum absolute atomic E-state index is 12.4. The van der Waals surface area contributed by atoms with Crippen LogP contribution in [-0.4, -0.2) is 29.9 Å². The van der Waals surface area contributed by atoms with E-state index in [2.05, 4.69) is 52.1 Å². The van der Waals surface area contributed by atoms with Crippen molar-refractivity contribution in [2.75, 3.05) is 7.05 Å². The Balaban J connectivity index is 2.47. The topological polar surface area (TPSA) is 46.6 Å². The van der Waals surface area contributed by atoms with Gasteiger partial charge in [-0.1, -0.05) is 13.3 Å². The van der Waals surface area contributed by atoms with Crippen molar-refractivity contribution < 1.29 is 14.3 Å². The zero-order valence-electron chi connectivity index (χ0n) is 11.3. The quantitative estimate of drug-likeness (QED) is 0.473. The lowest BCUT2D eigenvalue weighted by Gasteiger charge is -2.18. The van der Waals surface area contributed by atoms with Gasteiger partial charge in [0.2, 0.25) is 0 Å². The Labute approximate surface area is 145 Å². The highest BCUT2D eigenvalue weighted by molar-refractivity contribution is 14.1. The molecule has 6 heteroatoms. The van der Waals surface area contributed by atoms with Crippen LogP contribution >= 0.6 is 45.2 Å². The third kappa shape index (κ3) is 3.10.